The van der Waals surface area contributed by atoms with Crippen molar-refractivity contribution in [2.24, 2.45) is 0 Å². The molecule has 0 aliphatic carbocycles. The fourth-order valence-electron chi connectivity index (χ4n) is 1.63. The standard InChI is InChI=1S/C12H12F3N3O/c1-8-17-11(19-18-8)6-7-16-10-5-3-2-4-9(10)12(13,14)15/h2-5,16H,6-7H2,1H3. The molecule has 0 unspecified atom stereocenters. The first-order valence-electron chi connectivity index (χ1n) is 5.66. The van der Waals surface area contributed by atoms with Crippen LogP contribution in [0.4, 0.5) is 18.9 Å². The Balaban J connectivity index is 2.00. The summed E-state index contributed by atoms with van der Waals surface area (Å²) < 4.78 is 43.0. The largest absolute Gasteiger partial charge is 0.418 e. The normalized spacial score (nSPS) is 11.6. The lowest BCUT2D eigenvalue weighted by molar-refractivity contribution is -0.136. The molecule has 0 radical (unpaired) electrons. The lowest BCUT2D eigenvalue weighted by atomic mass is 10.1. The van der Waals surface area contributed by atoms with Gasteiger partial charge in [-0.3, -0.25) is 0 Å². The molecule has 4 nitrogen and oxygen atoms in total. The van der Waals surface area contributed by atoms with Gasteiger partial charge in [-0.1, -0.05) is 17.3 Å². The molecule has 7 heteroatoms. The Labute approximate surface area is 107 Å². The van der Waals surface area contributed by atoms with Gasteiger partial charge in [-0.05, 0) is 19.1 Å². The van der Waals surface area contributed by atoms with Gasteiger partial charge in [0.05, 0.1) is 5.56 Å². The number of nitrogens with one attached hydrogen (secondary N) is 1. The fraction of sp³-hybridized carbons (Fsp3) is 0.333. The van der Waals surface area contributed by atoms with Gasteiger partial charge in [-0.25, -0.2) is 0 Å². The molecular weight excluding hydrogens is 259 g/mol. The van der Waals surface area contributed by atoms with Gasteiger partial charge in [0, 0.05) is 18.7 Å². The summed E-state index contributed by atoms with van der Waals surface area (Å²) in [6.45, 7) is 1.97. The van der Waals surface area contributed by atoms with Gasteiger partial charge in [0.15, 0.2) is 5.82 Å². The number of benzene rings is 1. The van der Waals surface area contributed by atoms with E-state index in [4.69, 9.17) is 4.52 Å². The van der Waals surface area contributed by atoms with Crippen molar-refractivity contribution >= 4 is 5.69 Å². The highest BCUT2D eigenvalue weighted by Crippen LogP contribution is 2.34. The van der Waals surface area contributed by atoms with Crippen LogP contribution in [0.25, 0.3) is 0 Å². The molecule has 0 bridgehead atoms. The maximum atomic E-state index is 12.7. The van der Waals surface area contributed by atoms with Crippen LogP contribution in [-0.2, 0) is 12.6 Å². The van der Waals surface area contributed by atoms with Crippen molar-refractivity contribution in [3.8, 4) is 0 Å². The molecule has 0 aliphatic heterocycles. The van der Waals surface area contributed by atoms with Gasteiger partial charge < -0.3 is 9.84 Å². The quantitative estimate of drug-likeness (QED) is 0.928. The molecule has 0 saturated heterocycles. The first kappa shape index (κ1) is 13.4. The van der Waals surface area contributed by atoms with Gasteiger partial charge in [-0.15, -0.1) is 0 Å². The molecule has 2 aromatic rings. The molecule has 1 N–H and O–H groups in total. The zero-order valence-corrected chi connectivity index (χ0v) is 10.2. The van der Waals surface area contributed by atoms with E-state index in [1.165, 1.54) is 12.1 Å². The Morgan fingerprint density at radius 3 is 2.63 bits per heavy atom. The van der Waals surface area contributed by atoms with E-state index in [2.05, 4.69) is 15.5 Å². The van der Waals surface area contributed by atoms with Crippen molar-refractivity contribution in [2.45, 2.75) is 19.5 Å². The minimum Gasteiger partial charge on any atom is -0.384 e. The third kappa shape index (κ3) is 3.46. The highest BCUT2D eigenvalue weighted by Gasteiger charge is 2.32. The predicted octanol–water partition coefficient (Wildman–Crippen LogP) is 3.05. The van der Waals surface area contributed by atoms with E-state index in [0.29, 0.717) is 18.1 Å². The number of hydrogen-bond acceptors (Lipinski definition) is 4. The molecule has 0 atom stereocenters. The van der Waals surface area contributed by atoms with Crippen molar-refractivity contribution in [2.75, 3.05) is 11.9 Å². The number of anilines is 1. The summed E-state index contributed by atoms with van der Waals surface area (Å²) in [6, 6.07) is 5.34. The first-order valence-corrected chi connectivity index (χ1v) is 5.66. The van der Waals surface area contributed by atoms with E-state index in [9.17, 15) is 13.2 Å². The molecule has 102 valence electrons. The second-order valence-electron chi connectivity index (χ2n) is 3.96. The monoisotopic (exact) mass is 271 g/mol. The molecule has 0 saturated carbocycles. The van der Waals surface area contributed by atoms with Gasteiger partial charge >= 0.3 is 6.18 Å². The van der Waals surface area contributed by atoms with Crippen LogP contribution in [0.15, 0.2) is 28.8 Å². The average Bonchev–Trinajstić information content (AvgIpc) is 2.74. The molecule has 0 spiro atoms. The zero-order valence-electron chi connectivity index (χ0n) is 10.2. The highest BCUT2D eigenvalue weighted by molar-refractivity contribution is 5.52. The second-order valence-corrected chi connectivity index (χ2v) is 3.96. The van der Waals surface area contributed by atoms with Crippen LogP contribution >= 0.6 is 0 Å². The SMILES string of the molecule is Cc1noc(CCNc2ccccc2C(F)(F)F)n1. The lowest BCUT2D eigenvalue weighted by Crippen LogP contribution is -2.12. The topological polar surface area (TPSA) is 51.0 Å². The summed E-state index contributed by atoms with van der Waals surface area (Å²) in [7, 11) is 0. The number of aromatic nitrogens is 2. The number of halogens is 3. The highest BCUT2D eigenvalue weighted by atomic mass is 19.4. The second kappa shape index (κ2) is 5.29. The smallest absolute Gasteiger partial charge is 0.384 e. The summed E-state index contributed by atoms with van der Waals surface area (Å²) in [5, 5.41) is 6.33. The molecule has 0 amide bonds. The summed E-state index contributed by atoms with van der Waals surface area (Å²) in [4.78, 5) is 3.97. The van der Waals surface area contributed by atoms with Gasteiger partial charge in [0.1, 0.15) is 0 Å². The van der Waals surface area contributed by atoms with Crippen molar-refractivity contribution in [3.63, 3.8) is 0 Å². The van der Waals surface area contributed by atoms with E-state index < -0.39 is 11.7 Å². The fourth-order valence-corrected chi connectivity index (χ4v) is 1.63. The van der Waals surface area contributed by atoms with Crippen LogP contribution < -0.4 is 5.32 Å². The first-order chi connectivity index (χ1) is 8.97. The summed E-state index contributed by atoms with van der Waals surface area (Å²) in [5.41, 5.74) is -0.636. The van der Waals surface area contributed by atoms with Crippen molar-refractivity contribution in [1.82, 2.24) is 10.1 Å². The Bertz CT molecular complexity index is 551. The number of para-hydroxylation sites is 1. The Morgan fingerprint density at radius 1 is 1.26 bits per heavy atom. The van der Waals surface area contributed by atoms with E-state index >= 15 is 0 Å². The average molecular weight is 271 g/mol. The Morgan fingerprint density at radius 2 is 2.00 bits per heavy atom. The number of alkyl halides is 3. The van der Waals surface area contributed by atoms with Crippen LogP contribution in [0.3, 0.4) is 0 Å². The summed E-state index contributed by atoms with van der Waals surface area (Å²) >= 11 is 0. The predicted molar refractivity (Wildman–Crippen MR) is 62.7 cm³/mol. The lowest BCUT2D eigenvalue weighted by Gasteiger charge is -2.13. The number of hydrogen-bond donors (Lipinski definition) is 1. The molecule has 1 heterocycles. The number of nitrogens with zero attached hydrogens (tertiary/aromatic N) is 2. The van der Waals surface area contributed by atoms with Gasteiger partial charge in [0.25, 0.3) is 0 Å². The Kier molecular flexibility index (Phi) is 3.73. The van der Waals surface area contributed by atoms with E-state index in [1.54, 1.807) is 13.0 Å². The van der Waals surface area contributed by atoms with E-state index in [0.717, 1.165) is 6.07 Å². The van der Waals surface area contributed by atoms with Crippen LogP contribution in [0.5, 0.6) is 0 Å². The molecule has 19 heavy (non-hydrogen) atoms. The molecule has 2 rings (SSSR count). The number of rotatable bonds is 4. The van der Waals surface area contributed by atoms with Crippen molar-refractivity contribution < 1.29 is 17.7 Å². The van der Waals surface area contributed by atoms with Crippen molar-refractivity contribution in [1.29, 1.82) is 0 Å². The maximum Gasteiger partial charge on any atom is 0.418 e. The van der Waals surface area contributed by atoms with Gasteiger partial charge in [-0.2, -0.15) is 18.2 Å². The van der Waals surface area contributed by atoms with Crippen LogP contribution in [0.2, 0.25) is 0 Å². The van der Waals surface area contributed by atoms with Crippen LogP contribution in [0, 0.1) is 6.92 Å². The third-order valence-electron chi connectivity index (χ3n) is 2.46. The van der Waals surface area contributed by atoms with E-state index in [1.807, 2.05) is 0 Å². The number of aryl methyl sites for hydroxylation is 1. The minimum atomic E-state index is -4.37. The van der Waals surface area contributed by atoms with Crippen LogP contribution in [0.1, 0.15) is 17.3 Å². The Hall–Kier alpha value is -2.05. The molecule has 0 fully saturated rings. The minimum absolute atomic E-state index is 0.0474. The maximum absolute atomic E-state index is 12.7. The zero-order chi connectivity index (χ0) is 13.9. The summed E-state index contributed by atoms with van der Waals surface area (Å²) in [5.74, 6) is 0.903. The molecular formula is C12H12F3N3O. The molecule has 0 aliphatic rings. The molecule has 1 aromatic heterocycles. The van der Waals surface area contributed by atoms with Gasteiger partial charge in [0.2, 0.25) is 5.89 Å². The summed E-state index contributed by atoms with van der Waals surface area (Å²) in [6.07, 6.45) is -4.00. The van der Waals surface area contributed by atoms with E-state index in [-0.39, 0.29) is 12.2 Å². The third-order valence-corrected chi connectivity index (χ3v) is 2.46. The van der Waals surface area contributed by atoms with Crippen molar-refractivity contribution in [3.05, 3.63) is 41.5 Å². The van der Waals surface area contributed by atoms with Crippen LogP contribution in [-0.4, -0.2) is 16.7 Å². The molecule has 1 aromatic carbocycles.